The number of hydrogen-bond acceptors (Lipinski definition) is 3. The lowest BCUT2D eigenvalue weighted by atomic mass is 9.99. The van der Waals surface area contributed by atoms with Crippen LogP contribution in [0.4, 0.5) is 8.78 Å². The average molecular weight is 393 g/mol. The molecule has 3 rings (SSSR count). The summed E-state index contributed by atoms with van der Waals surface area (Å²) >= 11 is 0. The third-order valence-corrected chi connectivity index (χ3v) is 6.87. The molecule has 0 N–H and O–H groups in total. The van der Waals surface area contributed by atoms with Gasteiger partial charge >= 0.3 is 0 Å². The molecule has 0 saturated carbocycles. The molecule has 4 nitrogen and oxygen atoms in total. The molecule has 2 aromatic rings. The molecular formula is C20H21F2NO3S. The summed E-state index contributed by atoms with van der Waals surface area (Å²) in [5.74, 6) is -1.08. The number of carbonyl (C=O) groups excluding carboxylic acids is 1. The predicted octanol–water partition coefficient (Wildman–Crippen LogP) is 3.66. The first-order chi connectivity index (χ1) is 12.8. The van der Waals surface area contributed by atoms with Crippen molar-refractivity contribution in [2.75, 3.05) is 18.8 Å². The molecule has 1 fully saturated rings. The fourth-order valence-electron chi connectivity index (χ4n) is 3.38. The van der Waals surface area contributed by atoms with E-state index in [0.717, 1.165) is 18.2 Å². The van der Waals surface area contributed by atoms with Crippen LogP contribution in [0.2, 0.25) is 0 Å². The fraction of sp³-hybridized carbons (Fsp3) is 0.350. The molecular weight excluding hydrogens is 372 g/mol. The first-order valence-electron chi connectivity index (χ1n) is 8.80. The first kappa shape index (κ1) is 19.5. The van der Waals surface area contributed by atoms with Crippen LogP contribution in [0.5, 0.6) is 0 Å². The highest BCUT2D eigenvalue weighted by atomic mass is 32.2. The molecule has 0 radical (unpaired) electrons. The number of rotatable bonds is 4. The molecule has 1 aliphatic heterocycles. The summed E-state index contributed by atoms with van der Waals surface area (Å²) < 4.78 is 52.6. The molecule has 144 valence electrons. The van der Waals surface area contributed by atoms with E-state index in [1.807, 2.05) is 0 Å². The summed E-state index contributed by atoms with van der Waals surface area (Å²) in [5, 5.41) is 0. The third kappa shape index (κ3) is 4.53. The zero-order valence-corrected chi connectivity index (χ0v) is 15.8. The molecule has 0 atom stereocenters. The minimum atomic E-state index is -3.49. The van der Waals surface area contributed by atoms with Gasteiger partial charge in [0.25, 0.3) is 0 Å². The van der Waals surface area contributed by atoms with Crippen molar-refractivity contribution in [1.29, 1.82) is 0 Å². The van der Waals surface area contributed by atoms with Gasteiger partial charge in [0.1, 0.15) is 11.6 Å². The van der Waals surface area contributed by atoms with Crippen LogP contribution in [0.15, 0.2) is 47.4 Å². The van der Waals surface area contributed by atoms with Gasteiger partial charge in [-0.15, -0.1) is 0 Å². The number of halogens is 2. The van der Waals surface area contributed by atoms with Gasteiger partial charge in [-0.2, -0.15) is 0 Å². The van der Waals surface area contributed by atoms with Gasteiger partial charge in [-0.1, -0.05) is 12.1 Å². The average Bonchev–Trinajstić information content (AvgIpc) is 2.64. The monoisotopic (exact) mass is 393 g/mol. The van der Waals surface area contributed by atoms with Crippen molar-refractivity contribution in [2.45, 2.75) is 24.7 Å². The van der Waals surface area contributed by atoms with E-state index in [9.17, 15) is 22.0 Å². The van der Waals surface area contributed by atoms with Gasteiger partial charge in [0, 0.05) is 25.6 Å². The summed E-state index contributed by atoms with van der Waals surface area (Å²) in [5.41, 5.74) is 0.510. The van der Waals surface area contributed by atoms with Gasteiger partial charge in [0.15, 0.2) is 9.84 Å². The molecule has 0 aromatic heterocycles. The van der Waals surface area contributed by atoms with Crippen molar-refractivity contribution in [3.05, 3.63) is 54.1 Å². The molecule has 0 bridgehead atoms. The van der Waals surface area contributed by atoms with Crippen LogP contribution in [0.25, 0.3) is 11.1 Å². The SMILES string of the molecule is CC(=O)N1CCC(CS(=O)(=O)c2ccc(-c3cc(F)ccc3F)cc2)CC1. The highest BCUT2D eigenvalue weighted by Gasteiger charge is 2.26. The van der Waals surface area contributed by atoms with E-state index < -0.39 is 21.5 Å². The van der Waals surface area contributed by atoms with E-state index in [-0.39, 0.29) is 28.0 Å². The second kappa shape index (κ2) is 7.76. The van der Waals surface area contributed by atoms with E-state index >= 15 is 0 Å². The quantitative estimate of drug-likeness (QED) is 0.797. The van der Waals surface area contributed by atoms with Crippen LogP contribution < -0.4 is 0 Å². The predicted molar refractivity (Wildman–Crippen MR) is 98.8 cm³/mol. The molecule has 1 heterocycles. The van der Waals surface area contributed by atoms with Crippen molar-refractivity contribution >= 4 is 15.7 Å². The lowest BCUT2D eigenvalue weighted by Crippen LogP contribution is -2.38. The smallest absolute Gasteiger partial charge is 0.219 e. The molecule has 0 aliphatic carbocycles. The second-order valence-corrected chi connectivity index (χ2v) is 8.91. The number of piperidine rings is 1. The number of nitrogens with zero attached hydrogens (tertiary/aromatic N) is 1. The Morgan fingerprint density at radius 3 is 2.30 bits per heavy atom. The van der Waals surface area contributed by atoms with E-state index in [0.29, 0.717) is 31.5 Å². The molecule has 1 aliphatic rings. The highest BCUT2D eigenvalue weighted by Crippen LogP contribution is 2.27. The zero-order valence-electron chi connectivity index (χ0n) is 15.0. The molecule has 27 heavy (non-hydrogen) atoms. The molecule has 0 spiro atoms. The minimum absolute atomic E-state index is 0.00550. The molecule has 1 amide bonds. The van der Waals surface area contributed by atoms with Crippen LogP contribution in [0.3, 0.4) is 0 Å². The third-order valence-electron chi connectivity index (χ3n) is 4.97. The summed E-state index contributed by atoms with van der Waals surface area (Å²) in [7, 11) is -3.49. The second-order valence-electron chi connectivity index (χ2n) is 6.88. The Morgan fingerprint density at radius 2 is 1.70 bits per heavy atom. The highest BCUT2D eigenvalue weighted by molar-refractivity contribution is 7.91. The van der Waals surface area contributed by atoms with Gasteiger partial charge in [-0.3, -0.25) is 4.79 Å². The number of likely N-dealkylation sites (tertiary alicyclic amines) is 1. The Labute approximate surface area is 157 Å². The Kier molecular flexibility index (Phi) is 5.60. The van der Waals surface area contributed by atoms with Gasteiger partial charge in [0.2, 0.25) is 5.91 Å². The minimum Gasteiger partial charge on any atom is -0.343 e. The van der Waals surface area contributed by atoms with Crippen LogP contribution in [-0.4, -0.2) is 38.1 Å². The maximum atomic E-state index is 13.9. The number of sulfone groups is 1. The van der Waals surface area contributed by atoms with Crippen LogP contribution in [0.1, 0.15) is 19.8 Å². The van der Waals surface area contributed by atoms with Gasteiger partial charge in [0.05, 0.1) is 10.6 Å². The molecule has 2 aromatic carbocycles. The zero-order chi connectivity index (χ0) is 19.6. The number of benzene rings is 2. The number of amides is 1. The van der Waals surface area contributed by atoms with Gasteiger partial charge in [-0.25, -0.2) is 17.2 Å². The Balaban J connectivity index is 1.72. The van der Waals surface area contributed by atoms with Crippen molar-refractivity contribution in [3.63, 3.8) is 0 Å². The number of carbonyl (C=O) groups is 1. The molecule has 7 heteroatoms. The van der Waals surface area contributed by atoms with E-state index in [1.54, 1.807) is 4.90 Å². The van der Waals surface area contributed by atoms with E-state index in [1.165, 1.54) is 31.2 Å². The van der Waals surface area contributed by atoms with Crippen LogP contribution >= 0.6 is 0 Å². The fourth-order valence-corrected chi connectivity index (χ4v) is 5.08. The standard InChI is InChI=1S/C20H21F2NO3S/c1-14(24)23-10-8-15(9-11-23)13-27(25,26)18-5-2-16(3-6-18)19-12-17(21)4-7-20(19)22/h2-7,12,15H,8-11,13H2,1H3. The summed E-state index contributed by atoms with van der Waals surface area (Å²) in [4.78, 5) is 13.3. The van der Waals surface area contributed by atoms with E-state index in [4.69, 9.17) is 0 Å². The van der Waals surface area contributed by atoms with Crippen LogP contribution in [0, 0.1) is 17.6 Å². The normalized spacial score (nSPS) is 15.7. The van der Waals surface area contributed by atoms with Crippen LogP contribution in [-0.2, 0) is 14.6 Å². The lowest BCUT2D eigenvalue weighted by Gasteiger charge is -2.31. The summed E-state index contributed by atoms with van der Waals surface area (Å²) in [6.45, 7) is 2.67. The Hall–Kier alpha value is -2.28. The van der Waals surface area contributed by atoms with Gasteiger partial charge < -0.3 is 4.90 Å². The van der Waals surface area contributed by atoms with Crippen molar-refractivity contribution in [1.82, 2.24) is 4.90 Å². The first-order valence-corrected chi connectivity index (χ1v) is 10.5. The molecule has 1 saturated heterocycles. The number of hydrogen-bond donors (Lipinski definition) is 0. The lowest BCUT2D eigenvalue weighted by molar-refractivity contribution is -0.130. The molecule has 0 unspecified atom stereocenters. The summed E-state index contributed by atoms with van der Waals surface area (Å²) in [6.07, 6.45) is 1.32. The maximum absolute atomic E-state index is 13.9. The maximum Gasteiger partial charge on any atom is 0.219 e. The van der Waals surface area contributed by atoms with Gasteiger partial charge in [-0.05, 0) is 54.7 Å². The topological polar surface area (TPSA) is 54.5 Å². The largest absolute Gasteiger partial charge is 0.343 e. The van der Waals surface area contributed by atoms with Crippen molar-refractivity contribution in [2.24, 2.45) is 5.92 Å². The van der Waals surface area contributed by atoms with Crippen molar-refractivity contribution in [3.8, 4) is 11.1 Å². The summed E-state index contributed by atoms with van der Waals surface area (Å²) in [6, 6.07) is 9.01. The van der Waals surface area contributed by atoms with E-state index in [2.05, 4.69) is 0 Å². The van der Waals surface area contributed by atoms with Crippen molar-refractivity contribution < 1.29 is 22.0 Å². The Bertz CT molecular complexity index is 934. The Morgan fingerprint density at radius 1 is 1.07 bits per heavy atom.